The van der Waals surface area contributed by atoms with Crippen molar-refractivity contribution in [3.8, 4) is 5.75 Å². The van der Waals surface area contributed by atoms with E-state index in [0.29, 0.717) is 129 Å². The number of carbonyl (C=O) groups excluding carboxylic acids is 3. The number of benzene rings is 2. The zero-order valence-electron chi connectivity index (χ0n) is 46.7. The number of aryl methyl sites for hydroxylation is 1. The number of rotatable bonds is 45. The molecule has 1 atom stereocenters. The Hall–Kier alpha value is -5.48. The monoisotopic (exact) mass is 1210 g/mol. The fourth-order valence-corrected chi connectivity index (χ4v) is 8.59. The van der Waals surface area contributed by atoms with Crippen LogP contribution in [-0.2, 0) is 83.0 Å². The predicted molar refractivity (Wildman–Crippen MR) is 292 cm³/mol. The van der Waals surface area contributed by atoms with E-state index in [9.17, 15) is 44.9 Å². The molecule has 0 unspecified atom stereocenters. The van der Waals surface area contributed by atoms with E-state index >= 15 is 0 Å². The van der Waals surface area contributed by atoms with Crippen molar-refractivity contribution in [2.24, 2.45) is 0 Å². The Morgan fingerprint density at radius 3 is 1.54 bits per heavy atom. The number of aromatic amines is 1. The molecule has 1 aliphatic heterocycles. The summed E-state index contributed by atoms with van der Waals surface area (Å²) in [6.45, 7) is 9.80. The van der Waals surface area contributed by atoms with Crippen LogP contribution < -0.4 is 20.7 Å². The summed E-state index contributed by atoms with van der Waals surface area (Å²) in [4.78, 5) is 54.3. The summed E-state index contributed by atoms with van der Waals surface area (Å²) in [5.74, 6) is -10.5. The third-order valence-corrected chi connectivity index (χ3v) is 12.9. The number of imidazole rings is 1. The number of piperazine rings is 1. The number of ether oxygens (including phenoxy) is 12. The highest BCUT2D eigenvalue weighted by molar-refractivity contribution is 7.85. The summed E-state index contributed by atoms with van der Waals surface area (Å²) < 4.78 is 151. The smallest absolute Gasteiger partial charge is 0.313 e. The minimum atomic E-state index is -4.61. The molecule has 1 saturated heterocycles. The van der Waals surface area contributed by atoms with Crippen molar-refractivity contribution in [3.05, 3.63) is 53.4 Å². The number of hydrogen-bond donors (Lipinski definition) is 4. The number of pyridine rings is 1. The van der Waals surface area contributed by atoms with E-state index < -0.39 is 75.1 Å². The van der Waals surface area contributed by atoms with Crippen LogP contribution in [0.4, 0.5) is 29.1 Å². The number of nitrogens with zero attached hydrogens (tertiary/aromatic N) is 4. The summed E-state index contributed by atoms with van der Waals surface area (Å²) >= 11 is 0. The lowest BCUT2D eigenvalue weighted by atomic mass is 10.1. The molecule has 2 amide bonds. The average molecular weight is 1210 g/mol. The van der Waals surface area contributed by atoms with E-state index in [1.54, 1.807) is 0 Å². The molecular weight excluding hydrogens is 1130 g/mol. The van der Waals surface area contributed by atoms with Gasteiger partial charge in [0.2, 0.25) is 29.2 Å². The zero-order chi connectivity index (χ0) is 59.7. The van der Waals surface area contributed by atoms with Crippen LogP contribution in [0.15, 0.2) is 24.3 Å². The normalized spacial score (nSPS) is 13.4. The number of fused-ring (bicyclic) bond motifs is 3. The van der Waals surface area contributed by atoms with Gasteiger partial charge in [0.15, 0.2) is 11.6 Å². The lowest BCUT2D eigenvalue weighted by molar-refractivity contribution is -0.136. The van der Waals surface area contributed by atoms with Gasteiger partial charge in [0.25, 0.3) is 10.1 Å². The first kappa shape index (κ1) is 68.3. The van der Waals surface area contributed by atoms with E-state index in [0.717, 1.165) is 41.7 Å². The van der Waals surface area contributed by atoms with Gasteiger partial charge in [-0.15, -0.1) is 0 Å². The Morgan fingerprint density at radius 2 is 1.10 bits per heavy atom. The first-order valence-electron chi connectivity index (χ1n) is 27.4. The van der Waals surface area contributed by atoms with E-state index in [4.69, 9.17) is 62.8 Å². The Kier molecular flexibility index (Phi) is 31.7. The van der Waals surface area contributed by atoms with Crippen molar-refractivity contribution in [2.45, 2.75) is 45.1 Å². The quantitative estimate of drug-likeness (QED) is 0.0123. The molecule has 0 radical (unpaired) electrons. The summed E-state index contributed by atoms with van der Waals surface area (Å²) in [7, 11) is -4.61. The summed E-state index contributed by atoms with van der Waals surface area (Å²) in [5, 5.41) is 3.30. The van der Waals surface area contributed by atoms with Gasteiger partial charge in [-0.2, -0.15) is 17.2 Å². The number of nitrogens with one attached hydrogen (secondary N) is 2. The Balaban J connectivity index is 0.748. The van der Waals surface area contributed by atoms with Gasteiger partial charge in [-0.05, 0) is 24.6 Å². The van der Waals surface area contributed by atoms with Crippen molar-refractivity contribution in [1.29, 1.82) is 0 Å². The molecule has 5 N–H and O–H groups in total. The number of nitrogen functional groups attached to an aromatic ring is 1. The second-order valence-electron chi connectivity index (χ2n) is 18.4. The molecule has 1 fully saturated rings. The maximum absolute atomic E-state index is 13.6. The van der Waals surface area contributed by atoms with Gasteiger partial charge in [0.05, 0.1) is 157 Å². The number of amides is 2. The van der Waals surface area contributed by atoms with Crippen molar-refractivity contribution < 1.29 is 102 Å². The second kappa shape index (κ2) is 38.5. The molecule has 4 aromatic rings. The number of aromatic nitrogens is 3. The number of hydrogen-bond acceptors (Lipinski definition) is 21. The standard InChI is InChI=1S/C53H77F4N7O18S/c1-2-3-4-44-61-49-39-35-38(5-6-42(39)60-52(58)50(49)62-44)63-9-11-64(12-10-63)53(67)43(37-83(68,69)70)59-45(65)7-13-71-15-17-73-19-21-75-23-25-77-27-29-79-31-33-81-34-32-80-30-28-78-26-24-76-22-20-74-18-16-72-14-8-46(66)82-51-47(56)40(54)36-41(55)48(51)57/h5-6,35-36,43H,2-4,7-34,37H2,1H3,(H2,58,60)(H,59,65)(H,61,62)(H,68,69,70)/t43-/m0/s1. The topological polar surface area (TPSA) is 302 Å². The largest absolute Gasteiger partial charge is 0.420 e. The fraction of sp³-hybridized carbons (Fsp3) is 0.642. The SMILES string of the molecule is CCCCc1nc2c([nH]1)c(N)nc1ccc(N3CCN(C(=O)[C@H](CS(=O)(=O)O)NC(=O)CCOCCOCCOCCOCCOCCOCCOCCOCCOCCOCCOCCC(=O)Oc4c(F)c(F)cc(F)c4F)CC3)cc12. The van der Waals surface area contributed by atoms with E-state index in [1.165, 1.54) is 4.90 Å². The molecule has 0 spiro atoms. The number of anilines is 2. The predicted octanol–water partition coefficient (Wildman–Crippen LogP) is 3.18. The molecule has 25 nitrogen and oxygen atoms in total. The first-order chi connectivity index (χ1) is 40.1. The van der Waals surface area contributed by atoms with Crippen LogP contribution in [0.3, 0.4) is 0 Å². The van der Waals surface area contributed by atoms with Gasteiger partial charge in [-0.1, -0.05) is 13.3 Å². The van der Waals surface area contributed by atoms with Crippen LogP contribution in [0.25, 0.3) is 21.9 Å². The number of halogens is 4. The van der Waals surface area contributed by atoms with Gasteiger partial charge < -0.3 is 82.7 Å². The van der Waals surface area contributed by atoms with Gasteiger partial charge in [-0.25, -0.2) is 18.7 Å². The summed E-state index contributed by atoms with van der Waals surface area (Å²) in [6, 6.07) is 4.34. The van der Waals surface area contributed by atoms with Crippen molar-refractivity contribution in [3.63, 3.8) is 0 Å². The van der Waals surface area contributed by atoms with Crippen molar-refractivity contribution >= 4 is 61.3 Å². The maximum atomic E-state index is 13.6. The van der Waals surface area contributed by atoms with Crippen LogP contribution >= 0.6 is 0 Å². The number of esters is 1. The highest BCUT2D eigenvalue weighted by Crippen LogP contribution is 2.31. The minimum absolute atomic E-state index is 0.00807. The van der Waals surface area contributed by atoms with Gasteiger partial charge in [0.1, 0.15) is 34.5 Å². The maximum Gasteiger partial charge on any atom is 0.313 e. The van der Waals surface area contributed by atoms with E-state index in [-0.39, 0.29) is 71.8 Å². The van der Waals surface area contributed by atoms with Crippen LogP contribution in [0.1, 0.15) is 38.4 Å². The summed E-state index contributed by atoms with van der Waals surface area (Å²) in [6.07, 6.45) is 2.25. The molecule has 1 aliphatic rings. The molecule has 0 bridgehead atoms. The first-order valence-corrected chi connectivity index (χ1v) is 29.0. The highest BCUT2D eigenvalue weighted by atomic mass is 32.2. The third kappa shape index (κ3) is 25.7. The van der Waals surface area contributed by atoms with Crippen LogP contribution in [0.2, 0.25) is 0 Å². The number of H-pyrrole nitrogens is 1. The minimum Gasteiger partial charge on any atom is -0.420 e. The molecule has 5 rings (SSSR count). The molecule has 30 heteroatoms. The lowest BCUT2D eigenvalue weighted by Gasteiger charge is -2.37. The van der Waals surface area contributed by atoms with Crippen molar-refractivity contribution in [2.75, 3.05) is 188 Å². The van der Waals surface area contributed by atoms with Gasteiger partial charge in [-0.3, -0.25) is 18.9 Å². The fourth-order valence-electron chi connectivity index (χ4n) is 7.94. The molecule has 0 saturated carbocycles. The Labute approximate surface area is 479 Å². The average Bonchev–Trinajstić information content (AvgIpc) is 4.01. The second-order valence-corrected chi connectivity index (χ2v) is 19.9. The Morgan fingerprint density at radius 1 is 0.651 bits per heavy atom. The number of carbonyl (C=O) groups is 3. The summed E-state index contributed by atoms with van der Waals surface area (Å²) in [5.41, 5.74) is 9.29. The van der Waals surface area contributed by atoms with Crippen LogP contribution in [0, 0.1) is 23.3 Å². The van der Waals surface area contributed by atoms with Crippen LogP contribution in [0.5, 0.6) is 5.75 Å². The highest BCUT2D eigenvalue weighted by Gasteiger charge is 2.32. The Bertz CT molecular complexity index is 2670. The third-order valence-electron chi connectivity index (χ3n) is 12.2. The molecule has 2 aromatic heterocycles. The molecule has 83 heavy (non-hydrogen) atoms. The zero-order valence-corrected chi connectivity index (χ0v) is 47.5. The molecular formula is C53H77F4N7O18S. The van der Waals surface area contributed by atoms with Crippen molar-refractivity contribution in [1.82, 2.24) is 25.2 Å². The molecule has 466 valence electrons. The molecule has 0 aliphatic carbocycles. The van der Waals surface area contributed by atoms with E-state index in [1.807, 2.05) is 18.2 Å². The lowest BCUT2D eigenvalue weighted by Crippen LogP contribution is -2.56. The van der Waals surface area contributed by atoms with Gasteiger partial charge >= 0.3 is 5.97 Å². The number of nitrogens with two attached hydrogens (primary N) is 1. The molecule has 2 aromatic carbocycles. The van der Waals surface area contributed by atoms with Crippen LogP contribution in [-0.4, -0.2) is 234 Å². The number of unbranched alkanes of at least 4 members (excludes halogenated alkanes) is 1. The van der Waals surface area contributed by atoms with E-state index in [2.05, 4.69) is 31.8 Å². The van der Waals surface area contributed by atoms with Gasteiger partial charge in [0, 0.05) is 56.2 Å². The molecule has 3 heterocycles.